The number of hydrogen-bond donors (Lipinski definition) is 2. The Morgan fingerprint density at radius 2 is 1.50 bits per heavy atom. The van der Waals surface area contributed by atoms with Gasteiger partial charge in [-0.1, -0.05) is 0 Å². The smallest absolute Gasteiger partial charge is 0.233 e. The highest BCUT2D eigenvalue weighted by Crippen LogP contribution is 2.35. The number of hydrazine groups is 1. The maximum absolute atomic E-state index is 7.49. The second kappa shape index (κ2) is 6.22. The summed E-state index contributed by atoms with van der Waals surface area (Å²) < 4.78 is 0. The number of nitrogens with two attached hydrogens (primary N) is 1. The van der Waals surface area contributed by atoms with Crippen molar-refractivity contribution >= 4 is 0 Å². The van der Waals surface area contributed by atoms with E-state index in [2.05, 4.69) is 49.3 Å². The third-order valence-electron chi connectivity index (χ3n) is 6.68. The van der Waals surface area contributed by atoms with Crippen molar-refractivity contribution < 1.29 is 4.81 Å². The van der Waals surface area contributed by atoms with E-state index in [1.807, 2.05) is 0 Å². The molecule has 2 atom stereocenters. The molecule has 2 bridgehead atoms. The zero-order chi connectivity index (χ0) is 17.7. The molecule has 3 heterocycles. The van der Waals surface area contributed by atoms with Gasteiger partial charge in [0, 0.05) is 42.8 Å². The molecular weight excluding hydrogens is 300 g/mol. The van der Waals surface area contributed by atoms with E-state index in [1.54, 1.807) is 0 Å². The fourth-order valence-corrected chi connectivity index (χ4v) is 4.59. The molecule has 6 heteroatoms. The van der Waals surface area contributed by atoms with Gasteiger partial charge in [0.15, 0.2) is 0 Å². The van der Waals surface area contributed by atoms with Gasteiger partial charge in [0.25, 0.3) is 0 Å². The van der Waals surface area contributed by atoms with Crippen LogP contribution >= 0.6 is 0 Å². The summed E-state index contributed by atoms with van der Waals surface area (Å²) in [4.78, 5) is 9.08. The van der Waals surface area contributed by atoms with Gasteiger partial charge in [-0.3, -0.25) is 14.7 Å². The average Bonchev–Trinajstić information content (AvgIpc) is 2.62. The van der Waals surface area contributed by atoms with E-state index in [1.165, 1.54) is 38.9 Å². The molecule has 2 unspecified atom stereocenters. The van der Waals surface area contributed by atoms with Crippen LogP contribution in [0.25, 0.3) is 0 Å². The first kappa shape index (κ1) is 18.1. The van der Waals surface area contributed by atoms with E-state index in [0.29, 0.717) is 5.54 Å². The average molecular weight is 338 g/mol. The molecule has 0 radical (unpaired) electrons. The van der Waals surface area contributed by atoms with Crippen molar-refractivity contribution in [3.63, 3.8) is 0 Å². The highest BCUT2D eigenvalue weighted by atomic mass is 15.5. The quantitative estimate of drug-likeness (QED) is 0.347. The summed E-state index contributed by atoms with van der Waals surface area (Å²) in [7, 11) is 0. The standard InChI is InChI=1S/C18H37N6/c1-17(2,3)21-10-14-6-7-15(11-21)23(14)9-8-18(4,5)22-12-16(13-22)24(19)20/h14-16H,6-13H2,1-5H3,(H3,19,20)/q+1. The first-order valence-corrected chi connectivity index (χ1v) is 9.59. The van der Waals surface area contributed by atoms with E-state index >= 15 is 0 Å². The molecule has 24 heavy (non-hydrogen) atoms. The summed E-state index contributed by atoms with van der Waals surface area (Å²) >= 11 is 0. The molecule has 138 valence electrons. The van der Waals surface area contributed by atoms with Gasteiger partial charge in [-0.15, -0.1) is 0 Å². The SMILES string of the molecule is CC(C)(C)N1CC2CCC(C1)N2CCC(C)(C)N1CC([N+](=N)N)C1. The summed E-state index contributed by atoms with van der Waals surface area (Å²) in [6.07, 6.45) is 3.93. The fourth-order valence-electron chi connectivity index (χ4n) is 4.59. The molecule has 0 saturated carbocycles. The van der Waals surface area contributed by atoms with E-state index in [9.17, 15) is 0 Å². The molecule has 3 saturated heterocycles. The van der Waals surface area contributed by atoms with Crippen LogP contribution in [-0.4, -0.2) is 81.4 Å². The predicted molar refractivity (Wildman–Crippen MR) is 96.1 cm³/mol. The Morgan fingerprint density at radius 1 is 0.958 bits per heavy atom. The lowest BCUT2D eigenvalue weighted by Crippen LogP contribution is -2.65. The molecule has 0 aromatic carbocycles. The monoisotopic (exact) mass is 337 g/mol. The predicted octanol–water partition coefficient (Wildman–Crippen LogP) is 1.70. The number of likely N-dealkylation sites (tertiary alicyclic amines) is 2. The van der Waals surface area contributed by atoms with Crippen LogP contribution in [0, 0.1) is 5.53 Å². The third-order valence-corrected chi connectivity index (χ3v) is 6.68. The van der Waals surface area contributed by atoms with Crippen molar-refractivity contribution in [2.24, 2.45) is 5.84 Å². The normalized spacial score (nSPS) is 30.5. The second-order valence-corrected chi connectivity index (χ2v) is 9.73. The Labute approximate surface area is 147 Å². The molecule has 0 aromatic heterocycles. The molecule has 0 amide bonds. The van der Waals surface area contributed by atoms with Crippen LogP contribution in [0.2, 0.25) is 0 Å². The minimum absolute atomic E-state index is 0.201. The van der Waals surface area contributed by atoms with Gasteiger partial charge < -0.3 is 0 Å². The molecule has 3 rings (SSSR count). The molecule has 0 aromatic rings. The van der Waals surface area contributed by atoms with Gasteiger partial charge in [-0.25, -0.2) is 0 Å². The maximum atomic E-state index is 7.49. The summed E-state index contributed by atoms with van der Waals surface area (Å²) in [5, 5.41) is 0. The van der Waals surface area contributed by atoms with E-state index < -0.39 is 0 Å². The molecule has 3 aliphatic heterocycles. The zero-order valence-corrected chi connectivity index (χ0v) is 16.3. The van der Waals surface area contributed by atoms with E-state index in [-0.39, 0.29) is 11.6 Å². The lowest BCUT2D eigenvalue weighted by Gasteiger charge is -2.49. The van der Waals surface area contributed by atoms with E-state index in [0.717, 1.165) is 30.0 Å². The highest BCUT2D eigenvalue weighted by molar-refractivity contribution is 5.00. The highest BCUT2D eigenvalue weighted by Gasteiger charge is 2.46. The molecule has 3 fully saturated rings. The van der Waals surface area contributed by atoms with Crippen LogP contribution in [0.5, 0.6) is 0 Å². The van der Waals surface area contributed by atoms with Crippen molar-refractivity contribution in [3.05, 3.63) is 0 Å². The van der Waals surface area contributed by atoms with Crippen LogP contribution in [0.15, 0.2) is 0 Å². The number of nitrogens with one attached hydrogen (secondary N) is 1. The zero-order valence-electron chi connectivity index (χ0n) is 16.3. The number of hydrogen-bond acceptors (Lipinski definition) is 4. The Morgan fingerprint density at radius 3 is 1.96 bits per heavy atom. The lowest BCUT2D eigenvalue weighted by atomic mass is 9.91. The molecular formula is C18H37N6+. The number of rotatable bonds is 5. The van der Waals surface area contributed by atoms with Crippen molar-refractivity contribution in [1.29, 1.82) is 5.53 Å². The van der Waals surface area contributed by atoms with Gasteiger partial charge in [0.2, 0.25) is 6.04 Å². The lowest BCUT2D eigenvalue weighted by molar-refractivity contribution is -0.671. The van der Waals surface area contributed by atoms with Gasteiger partial charge >= 0.3 is 0 Å². The van der Waals surface area contributed by atoms with Crippen molar-refractivity contribution in [3.8, 4) is 0 Å². The summed E-state index contributed by atoms with van der Waals surface area (Å²) in [6, 6.07) is 1.70. The van der Waals surface area contributed by atoms with Crippen LogP contribution in [-0.2, 0) is 0 Å². The Hall–Kier alpha value is -0.720. The van der Waals surface area contributed by atoms with Crippen LogP contribution in [0.3, 0.4) is 0 Å². The minimum atomic E-state index is 0.201. The first-order chi connectivity index (χ1) is 11.1. The second-order valence-electron chi connectivity index (χ2n) is 9.73. The Balaban J connectivity index is 1.52. The maximum Gasteiger partial charge on any atom is 0.233 e. The Kier molecular flexibility index (Phi) is 4.69. The van der Waals surface area contributed by atoms with Gasteiger partial charge in [0.1, 0.15) is 0 Å². The Bertz CT molecular complexity index is 462. The number of fused-ring (bicyclic) bond motifs is 2. The van der Waals surface area contributed by atoms with Crippen molar-refractivity contribution in [2.45, 2.75) is 83.1 Å². The summed E-state index contributed by atoms with van der Waals surface area (Å²) in [6.45, 7) is 17.3. The van der Waals surface area contributed by atoms with Gasteiger partial charge in [-0.05, 0) is 64.2 Å². The van der Waals surface area contributed by atoms with Crippen LogP contribution < -0.4 is 5.84 Å². The summed E-state index contributed by atoms with van der Waals surface area (Å²) in [5.41, 5.74) is 7.99. The molecule has 3 aliphatic rings. The first-order valence-electron chi connectivity index (χ1n) is 9.59. The minimum Gasteiger partial charge on any atom is -0.295 e. The van der Waals surface area contributed by atoms with E-state index in [4.69, 9.17) is 11.4 Å². The molecule has 6 nitrogen and oxygen atoms in total. The van der Waals surface area contributed by atoms with Crippen molar-refractivity contribution in [1.82, 2.24) is 14.7 Å². The van der Waals surface area contributed by atoms with Gasteiger partial charge in [-0.2, -0.15) is 5.84 Å². The summed E-state index contributed by atoms with van der Waals surface area (Å²) in [5.74, 6) is 5.55. The number of piperazine rings is 1. The molecule has 0 spiro atoms. The van der Waals surface area contributed by atoms with Crippen LogP contribution in [0.1, 0.15) is 53.9 Å². The molecule has 3 N–H and O–H groups in total. The van der Waals surface area contributed by atoms with Crippen LogP contribution in [0.4, 0.5) is 0 Å². The topological polar surface area (TPSA) is 62.6 Å². The van der Waals surface area contributed by atoms with Crippen molar-refractivity contribution in [2.75, 3.05) is 32.7 Å². The fraction of sp³-hybridized carbons (Fsp3) is 1.00. The van der Waals surface area contributed by atoms with Gasteiger partial charge in [0.05, 0.1) is 13.1 Å². The third kappa shape index (κ3) is 3.46. The number of nitrogens with zero attached hydrogens (tertiary/aromatic N) is 4. The molecule has 0 aliphatic carbocycles. The largest absolute Gasteiger partial charge is 0.295 e.